The third kappa shape index (κ3) is 10.4. The Bertz CT molecular complexity index is 1730. The summed E-state index contributed by atoms with van der Waals surface area (Å²) in [6.07, 6.45) is 2.95. The number of amides is 3. The standard InChI is InChI=1S/C38H42FN7O4/c1-2-50-27-35(47)41-15-3-4-31-22-32(38(49)46-20-18-45(19-21-46)26-30-9-11-33(39)12-10-30)24-42-36(31)37(48)43-34-13-16-44(17-14-34)25-29-7-5-28(23-40)6-8-29/h5-12,22,24,34H,2,13-21,25-27H2,1H3,(H,41,47)(H,43,48). The van der Waals surface area contributed by atoms with Gasteiger partial charge in [0.1, 0.15) is 18.1 Å². The number of benzene rings is 2. The monoisotopic (exact) mass is 679 g/mol. The average molecular weight is 680 g/mol. The molecule has 2 fully saturated rings. The molecule has 3 amide bonds. The van der Waals surface area contributed by atoms with Gasteiger partial charge < -0.3 is 20.3 Å². The van der Waals surface area contributed by atoms with Crippen molar-refractivity contribution in [2.24, 2.45) is 0 Å². The molecule has 2 aliphatic heterocycles. The fourth-order valence-electron chi connectivity index (χ4n) is 5.96. The molecule has 3 aromatic rings. The van der Waals surface area contributed by atoms with Crippen molar-refractivity contribution in [3.8, 4) is 17.9 Å². The molecule has 0 atom stereocenters. The molecule has 2 N–H and O–H groups in total. The summed E-state index contributed by atoms with van der Waals surface area (Å²) >= 11 is 0. The van der Waals surface area contributed by atoms with Crippen molar-refractivity contribution in [1.82, 2.24) is 30.3 Å². The molecular weight excluding hydrogens is 637 g/mol. The molecule has 0 spiro atoms. The average Bonchev–Trinajstić information content (AvgIpc) is 3.14. The second-order valence-electron chi connectivity index (χ2n) is 12.4. The molecule has 11 nitrogen and oxygen atoms in total. The molecule has 260 valence electrons. The number of piperidine rings is 1. The predicted molar refractivity (Wildman–Crippen MR) is 185 cm³/mol. The van der Waals surface area contributed by atoms with E-state index in [1.54, 1.807) is 30.0 Å². The summed E-state index contributed by atoms with van der Waals surface area (Å²) in [5, 5.41) is 14.8. The van der Waals surface area contributed by atoms with Gasteiger partial charge in [0.25, 0.3) is 11.8 Å². The minimum atomic E-state index is -0.367. The molecule has 0 bridgehead atoms. The summed E-state index contributed by atoms with van der Waals surface area (Å²) in [5.74, 6) is 4.71. The fourth-order valence-corrected chi connectivity index (χ4v) is 5.96. The second-order valence-corrected chi connectivity index (χ2v) is 12.4. The third-order valence-corrected chi connectivity index (χ3v) is 8.77. The number of likely N-dealkylation sites (tertiary alicyclic amines) is 1. The van der Waals surface area contributed by atoms with Crippen molar-refractivity contribution in [2.45, 2.75) is 38.9 Å². The van der Waals surface area contributed by atoms with Crippen LogP contribution in [0.2, 0.25) is 0 Å². The number of piperazine rings is 1. The zero-order valence-electron chi connectivity index (χ0n) is 28.3. The highest BCUT2D eigenvalue weighted by molar-refractivity contribution is 5.98. The van der Waals surface area contributed by atoms with Crippen molar-refractivity contribution in [1.29, 1.82) is 5.26 Å². The van der Waals surface area contributed by atoms with Gasteiger partial charge in [-0.15, -0.1) is 0 Å². The Morgan fingerprint density at radius 2 is 1.58 bits per heavy atom. The van der Waals surface area contributed by atoms with Crippen LogP contribution in [0.25, 0.3) is 0 Å². The minimum absolute atomic E-state index is 0.0405. The summed E-state index contributed by atoms with van der Waals surface area (Å²) in [6, 6.07) is 17.7. The first-order valence-electron chi connectivity index (χ1n) is 16.9. The van der Waals surface area contributed by atoms with Crippen molar-refractivity contribution < 1.29 is 23.5 Å². The quantitative estimate of drug-likeness (QED) is 0.296. The van der Waals surface area contributed by atoms with E-state index >= 15 is 0 Å². The van der Waals surface area contributed by atoms with E-state index in [2.05, 4.69) is 43.3 Å². The normalized spacial score (nSPS) is 15.4. The summed E-state index contributed by atoms with van der Waals surface area (Å²) in [4.78, 5) is 49.8. The maximum absolute atomic E-state index is 13.6. The second kappa shape index (κ2) is 18.0. The van der Waals surface area contributed by atoms with E-state index in [-0.39, 0.29) is 48.4 Å². The van der Waals surface area contributed by atoms with E-state index in [0.717, 1.165) is 43.6 Å². The number of halogens is 1. The largest absolute Gasteiger partial charge is 0.372 e. The van der Waals surface area contributed by atoms with Crippen molar-refractivity contribution in [2.75, 3.05) is 59.0 Å². The van der Waals surface area contributed by atoms with Gasteiger partial charge in [0.05, 0.1) is 29.3 Å². The molecule has 0 aliphatic carbocycles. The maximum atomic E-state index is 13.6. The van der Waals surface area contributed by atoms with E-state index in [1.807, 2.05) is 24.3 Å². The van der Waals surface area contributed by atoms with Crippen molar-refractivity contribution in [3.63, 3.8) is 0 Å². The Hall–Kier alpha value is -5.14. The van der Waals surface area contributed by atoms with Gasteiger partial charge in [-0.2, -0.15) is 5.26 Å². The molecule has 1 aromatic heterocycles. The number of pyridine rings is 1. The number of carbonyl (C=O) groups is 3. The van der Waals surface area contributed by atoms with Crippen LogP contribution in [0, 0.1) is 29.0 Å². The van der Waals surface area contributed by atoms with E-state index in [0.29, 0.717) is 56.0 Å². The van der Waals surface area contributed by atoms with Gasteiger partial charge in [-0.1, -0.05) is 36.1 Å². The topological polar surface area (TPSA) is 131 Å². The van der Waals surface area contributed by atoms with Crippen LogP contribution in [-0.4, -0.2) is 102 Å². The molecule has 12 heteroatoms. The molecule has 0 radical (unpaired) electrons. The van der Waals surface area contributed by atoms with Gasteiger partial charge in [-0.05, 0) is 61.2 Å². The molecule has 2 aromatic carbocycles. The highest BCUT2D eigenvalue weighted by Crippen LogP contribution is 2.18. The highest BCUT2D eigenvalue weighted by atomic mass is 19.1. The summed E-state index contributed by atoms with van der Waals surface area (Å²) in [7, 11) is 0. The lowest BCUT2D eigenvalue weighted by atomic mass is 10.0. The van der Waals surface area contributed by atoms with Crippen molar-refractivity contribution >= 4 is 17.7 Å². The van der Waals surface area contributed by atoms with Gasteiger partial charge in [-0.25, -0.2) is 9.37 Å². The third-order valence-electron chi connectivity index (χ3n) is 8.77. The summed E-state index contributed by atoms with van der Waals surface area (Å²) in [5.41, 5.74) is 3.54. The van der Waals surface area contributed by atoms with Gasteiger partial charge in [0.2, 0.25) is 5.91 Å². The van der Waals surface area contributed by atoms with E-state index in [1.165, 1.54) is 18.3 Å². The van der Waals surface area contributed by atoms with Crippen LogP contribution in [0.1, 0.15) is 62.9 Å². The first kappa shape index (κ1) is 36.1. The number of rotatable bonds is 11. The Balaban J connectivity index is 1.21. The number of nitriles is 1. The number of nitrogens with one attached hydrogen (secondary N) is 2. The van der Waals surface area contributed by atoms with Crippen LogP contribution < -0.4 is 10.6 Å². The smallest absolute Gasteiger partial charge is 0.271 e. The highest BCUT2D eigenvalue weighted by Gasteiger charge is 2.26. The Labute approximate surface area is 292 Å². The predicted octanol–water partition coefficient (Wildman–Crippen LogP) is 2.95. The fraction of sp³-hybridized carbons (Fsp3) is 0.395. The lowest BCUT2D eigenvalue weighted by molar-refractivity contribution is -0.125. The molecule has 0 unspecified atom stereocenters. The van der Waals surface area contributed by atoms with Crippen LogP contribution in [-0.2, 0) is 22.6 Å². The van der Waals surface area contributed by atoms with Crippen LogP contribution in [0.15, 0.2) is 60.8 Å². The van der Waals surface area contributed by atoms with E-state index in [9.17, 15) is 18.8 Å². The molecular formula is C38H42FN7O4. The van der Waals surface area contributed by atoms with Crippen molar-refractivity contribution in [3.05, 3.63) is 100 Å². The van der Waals surface area contributed by atoms with E-state index < -0.39 is 0 Å². The van der Waals surface area contributed by atoms with Gasteiger partial charge in [0, 0.05) is 71.2 Å². The van der Waals surface area contributed by atoms with Crippen LogP contribution in [0.4, 0.5) is 4.39 Å². The number of hydrogen-bond acceptors (Lipinski definition) is 8. The molecule has 2 aliphatic rings. The maximum Gasteiger partial charge on any atom is 0.271 e. The Morgan fingerprint density at radius 1 is 0.940 bits per heavy atom. The Morgan fingerprint density at radius 3 is 2.22 bits per heavy atom. The van der Waals surface area contributed by atoms with Crippen LogP contribution >= 0.6 is 0 Å². The SMILES string of the molecule is CCOCC(=O)NCC#Cc1cc(C(=O)N2CCN(Cc3ccc(F)cc3)CC2)cnc1C(=O)NC1CCN(Cc2ccc(C#N)cc2)CC1. The first-order chi connectivity index (χ1) is 24.3. The number of carbonyl (C=O) groups excluding carboxylic acids is 3. The molecule has 2 saturated heterocycles. The first-order valence-corrected chi connectivity index (χ1v) is 16.9. The van der Waals surface area contributed by atoms with Gasteiger partial charge >= 0.3 is 0 Å². The minimum Gasteiger partial charge on any atom is -0.372 e. The van der Waals surface area contributed by atoms with E-state index in [4.69, 9.17) is 10.00 Å². The lowest BCUT2D eigenvalue weighted by Crippen LogP contribution is -2.48. The molecule has 5 rings (SSSR count). The summed E-state index contributed by atoms with van der Waals surface area (Å²) < 4.78 is 18.4. The number of ether oxygens (including phenoxy) is 1. The number of nitrogens with zero attached hydrogens (tertiary/aromatic N) is 5. The zero-order chi connectivity index (χ0) is 35.3. The van der Waals surface area contributed by atoms with Crippen LogP contribution in [0.3, 0.4) is 0 Å². The molecule has 0 saturated carbocycles. The molecule has 50 heavy (non-hydrogen) atoms. The Kier molecular flexibility index (Phi) is 13.0. The lowest BCUT2D eigenvalue weighted by Gasteiger charge is -2.34. The number of aromatic nitrogens is 1. The van der Waals surface area contributed by atoms with Gasteiger partial charge in [0.15, 0.2) is 0 Å². The van der Waals surface area contributed by atoms with Crippen LogP contribution in [0.5, 0.6) is 0 Å². The zero-order valence-corrected chi connectivity index (χ0v) is 28.3. The number of hydrogen-bond donors (Lipinski definition) is 2. The summed E-state index contributed by atoms with van der Waals surface area (Å²) in [6.45, 7) is 7.60. The van der Waals surface area contributed by atoms with Gasteiger partial charge in [-0.3, -0.25) is 24.2 Å². The molecule has 3 heterocycles.